The third-order valence-electron chi connectivity index (χ3n) is 11.2. The molecular weight excluding hydrogens is 983 g/mol. The number of pyridine rings is 2. The van der Waals surface area contributed by atoms with Gasteiger partial charge in [0.05, 0.1) is 67.7 Å². The van der Waals surface area contributed by atoms with E-state index in [2.05, 4.69) is 19.4 Å². The number of anilines is 2. The summed E-state index contributed by atoms with van der Waals surface area (Å²) in [5, 5.41) is 1.35. The lowest BCUT2D eigenvalue weighted by Crippen LogP contribution is -2.14. The highest BCUT2D eigenvalue weighted by atomic mass is 32.2. The summed E-state index contributed by atoms with van der Waals surface area (Å²) in [6, 6.07) is 38.8. The molecular formula is C54H46F2N4O11S2. The summed E-state index contributed by atoms with van der Waals surface area (Å²) in [4.78, 5) is 8.49. The molecule has 2 N–H and O–H groups in total. The van der Waals surface area contributed by atoms with Gasteiger partial charge in [-0.3, -0.25) is 19.4 Å². The molecule has 0 bridgehead atoms. The number of hydrogen-bond donors (Lipinski definition) is 2. The number of aryl methyl sites for hydroxylation is 1. The van der Waals surface area contributed by atoms with Crippen LogP contribution in [0.15, 0.2) is 168 Å². The average molecular weight is 1030 g/mol. The quantitative estimate of drug-likeness (QED) is 0.0933. The summed E-state index contributed by atoms with van der Waals surface area (Å²) in [6.45, 7) is 1.82. The first-order valence-electron chi connectivity index (χ1n) is 22.0. The smallest absolute Gasteiger partial charge is 0.262 e. The first-order chi connectivity index (χ1) is 35.1. The Bertz CT molecular complexity index is 3720. The third kappa shape index (κ3) is 11.4. The van der Waals surface area contributed by atoms with Crippen molar-refractivity contribution in [3.8, 4) is 62.9 Å². The topological polar surface area (TPSA) is 183 Å². The lowest BCUT2D eigenvalue weighted by Gasteiger charge is -2.15. The highest BCUT2D eigenvalue weighted by Crippen LogP contribution is 2.39. The second-order valence-corrected chi connectivity index (χ2v) is 19.2. The minimum atomic E-state index is -4.26. The van der Waals surface area contributed by atoms with Crippen LogP contribution in [-0.4, -0.2) is 62.4 Å². The van der Waals surface area contributed by atoms with Gasteiger partial charge in [-0.1, -0.05) is 42.5 Å². The number of hydrogen-bond acceptors (Lipinski definition) is 13. The number of sulfonamides is 2. The first kappa shape index (κ1) is 50.7. The first-order valence-corrected chi connectivity index (χ1v) is 24.9. The Hall–Kier alpha value is -8.68. The number of benzene rings is 7. The van der Waals surface area contributed by atoms with E-state index in [9.17, 15) is 25.6 Å². The van der Waals surface area contributed by atoms with Gasteiger partial charge in [-0.05, 0) is 109 Å². The molecule has 0 atom stereocenters. The predicted octanol–water partition coefficient (Wildman–Crippen LogP) is 12.0. The molecule has 0 aliphatic carbocycles. The molecule has 2 aromatic heterocycles. The van der Waals surface area contributed by atoms with Crippen LogP contribution in [0.25, 0.3) is 32.9 Å². The Morgan fingerprint density at radius 3 is 1.44 bits per heavy atom. The average Bonchev–Trinajstić information content (AvgIpc) is 3.40. The van der Waals surface area contributed by atoms with E-state index in [1.807, 2.05) is 49.4 Å². The van der Waals surface area contributed by atoms with Crippen molar-refractivity contribution in [2.75, 3.05) is 45.0 Å². The fourth-order valence-electron chi connectivity index (χ4n) is 7.48. The van der Waals surface area contributed by atoms with E-state index in [0.717, 1.165) is 34.7 Å². The predicted molar refractivity (Wildman–Crippen MR) is 274 cm³/mol. The molecule has 15 nitrogen and oxygen atoms in total. The van der Waals surface area contributed by atoms with Crippen LogP contribution in [0.4, 0.5) is 20.2 Å². The van der Waals surface area contributed by atoms with Gasteiger partial charge in [-0.15, -0.1) is 0 Å². The van der Waals surface area contributed by atoms with E-state index >= 15 is 0 Å². The Labute approximate surface area is 420 Å². The molecule has 374 valence electrons. The maximum Gasteiger partial charge on any atom is 0.262 e. The van der Waals surface area contributed by atoms with E-state index in [1.165, 1.54) is 45.7 Å². The summed E-state index contributed by atoms with van der Waals surface area (Å²) in [5.41, 5.74) is 3.88. The van der Waals surface area contributed by atoms with Gasteiger partial charge in [0.1, 0.15) is 23.0 Å². The lowest BCUT2D eigenvalue weighted by atomic mass is 10.1. The van der Waals surface area contributed by atoms with Crippen LogP contribution in [0.1, 0.15) is 5.56 Å². The molecule has 2 heterocycles. The van der Waals surface area contributed by atoms with Crippen molar-refractivity contribution in [2.24, 2.45) is 0 Å². The zero-order valence-electron chi connectivity index (χ0n) is 40.0. The monoisotopic (exact) mass is 1030 g/mol. The van der Waals surface area contributed by atoms with E-state index in [1.54, 1.807) is 87.1 Å². The Balaban J connectivity index is 0.000000196. The zero-order chi connectivity index (χ0) is 51.9. The molecule has 0 unspecified atom stereocenters. The largest absolute Gasteiger partial charge is 0.494 e. The van der Waals surface area contributed by atoms with Gasteiger partial charge in [-0.2, -0.15) is 0 Å². The molecule has 0 spiro atoms. The van der Waals surface area contributed by atoms with Crippen LogP contribution in [0.5, 0.6) is 51.7 Å². The van der Waals surface area contributed by atoms with Crippen molar-refractivity contribution in [3.63, 3.8) is 0 Å². The van der Waals surface area contributed by atoms with E-state index in [-0.39, 0.29) is 27.0 Å². The number of halogens is 2. The highest BCUT2D eigenvalue weighted by Gasteiger charge is 2.21. The molecule has 0 amide bonds. The van der Waals surface area contributed by atoms with Gasteiger partial charge in [0.25, 0.3) is 20.0 Å². The molecule has 9 aromatic rings. The van der Waals surface area contributed by atoms with Gasteiger partial charge in [-0.25, -0.2) is 25.6 Å². The third-order valence-corrected chi connectivity index (χ3v) is 13.9. The standard InChI is InChI=1S/C30H26N2O5S.C24H20F2N2O6S/c1-20-16-23(37-28-14-15-31-27-19-30(36-3)29(35-2)18-25(27)28)12-13-26(20)32-38(33,34)24-11-7-10-22(17-24)21-8-5-4-6-9-21;1-31-22-7-5-15(11-18(22)26)35(29,30)28-19-6-4-14(10-17(19)25)34-21-8-9-27-20-13-24(33-3)23(32-2)12-16(20)21/h4-19,32H,1-3H3;4-13,28H,1-3H3. The Morgan fingerprint density at radius 1 is 0.425 bits per heavy atom. The van der Waals surface area contributed by atoms with E-state index in [0.29, 0.717) is 67.9 Å². The van der Waals surface area contributed by atoms with Gasteiger partial charge in [0, 0.05) is 41.4 Å². The fraction of sp³-hybridized carbons (Fsp3) is 0.111. The minimum Gasteiger partial charge on any atom is -0.494 e. The number of aromatic nitrogens is 2. The van der Waals surface area contributed by atoms with Crippen LogP contribution < -0.4 is 42.6 Å². The van der Waals surface area contributed by atoms with Crippen LogP contribution >= 0.6 is 0 Å². The molecule has 0 radical (unpaired) electrons. The Kier molecular flexibility index (Phi) is 15.1. The Morgan fingerprint density at radius 2 is 0.918 bits per heavy atom. The summed E-state index contributed by atoms with van der Waals surface area (Å²) in [6.07, 6.45) is 3.18. The van der Waals surface area contributed by atoms with Crippen molar-refractivity contribution in [2.45, 2.75) is 16.7 Å². The second kappa shape index (κ2) is 21.8. The molecule has 73 heavy (non-hydrogen) atoms. The summed E-state index contributed by atoms with van der Waals surface area (Å²) < 4.78 is 123. The fourth-order valence-corrected chi connectivity index (χ4v) is 9.73. The van der Waals surface area contributed by atoms with Gasteiger partial charge < -0.3 is 33.2 Å². The lowest BCUT2D eigenvalue weighted by molar-refractivity contribution is 0.355. The minimum absolute atomic E-state index is 0.114. The summed E-state index contributed by atoms with van der Waals surface area (Å²) in [5.74, 6) is 1.85. The molecule has 7 aromatic carbocycles. The number of fused-ring (bicyclic) bond motifs is 2. The van der Waals surface area contributed by atoms with Crippen molar-refractivity contribution in [3.05, 3.63) is 175 Å². The molecule has 0 fully saturated rings. The molecule has 0 aliphatic heterocycles. The summed E-state index contributed by atoms with van der Waals surface area (Å²) in [7, 11) is -0.662. The highest BCUT2D eigenvalue weighted by molar-refractivity contribution is 7.93. The van der Waals surface area contributed by atoms with Crippen LogP contribution in [0, 0.1) is 18.6 Å². The molecule has 0 saturated carbocycles. The number of nitrogens with one attached hydrogen (secondary N) is 2. The van der Waals surface area contributed by atoms with E-state index in [4.69, 9.17) is 33.2 Å². The van der Waals surface area contributed by atoms with Crippen molar-refractivity contribution >= 4 is 53.2 Å². The van der Waals surface area contributed by atoms with Crippen molar-refractivity contribution < 1.29 is 58.8 Å². The van der Waals surface area contributed by atoms with Gasteiger partial charge in [0.2, 0.25) is 0 Å². The zero-order valence-corrected chi connectivity index (χ0v) is 41.6. The van der Waals surface area contributed by atoms with Crippen molar-refractivity contribution in [1.82, 2.24) is 9.97 Å². The number of ether oxygens (including phenoxy) is 7. The SMILES string of the molecule is COc1cc2nccc(Oc3ccc(NS(=O)(=O)c4cccc(-c5ccccc5)c4)c(C)c3)c2cc1OC.COc1ccc(S(=O)(=O)Nc2ccc(Oc3ccnc4cc(OC)c(OC)cc34)cc2F)cc1F. The van der Waals surface area contributed by atoms with Gasteiger partial charge >= 0.3 is 0 Å². The van der Waals surface area contributed by atoms with E-state index < -0.39 is 31.7 Å². The number of rotatable bonds is 16. The van der Waals surface area contributed by atoms with Crippen LogP contribution in [0.2, 0.25) is 0 Å². The second-order valence-electron chi connectivity index (χ2n) is 15.8. The number of nitrogens with zero attached hydrogens (tertiary/aromatic N) is 2. The van der Waals surface area contributed by atoms with Crippen LogP contribution in [-0.2, 0) is 20.0 Å². The maximum atomic E-state index is 14.8. The van der Waals surface area contributed by atoms with Crippen LogP contribution in [0.3, 0.4) is 0 Å². The molecule has 0 saturated heterocycles. The molecule has 19 heteroatoms. The van der Waals surface area contributed by atoms with Gasteiger partial charge in [0.15, 0.2) is 40.4 Å². The summed E-state index contributed by atoms with van der Waals surface area (Å²) >= 11 is 0. The van der Waals surface area contributed by atoms with Crippen molar-refractivity contribution in [1.29, 1.82) is 0 Å². The molecule has 9 rings (SSSR count). The normalized spacial score (nSPS) is 11.2. The maximum absolute atomic E-state index is 14.8. The molecule has 0 aliphatic rings. The number of methoxy groups -OCH3 is 5.